The van der Waals surface area contributed by atoms with Crippen molar-refractivity contribution in [1.82, 2.24) is 4.57 Å². The minimum Gasteiger partial charge on any atom is -0.347 e. The Morgan fingerprint density at radius 3 is 2.55 bits per heavy atom. The number of nitrogens with zero attached hydrogens (tertiary/aromatic N) is 1. The van der Waals surface area contributed by atoms with Gasteiger partial charge in [-0.15, -0.1) is 0 Å². The third-order valence-electron chi connectivity index (χ3n) is 7.50. The molecule has 0 spiro atoms. The Morgan fingerprint density at radius 1 is 1.00 bits per heavy atom. The number of para-hydroxylation sites is 1. The molecule has 166 valence electrons. The molecule has 1 aromatic heterocycles. The highest BCUT2D eigenvalue weighted by molar-refractivity contribution is 7.86. The van der Waals surface area contributed by atoms with Gasteiger partial charge in [0.2, 0.25) is 0 Å². The molecule has 2 aliphatic carbocycles. The van der Waals surface area contributed by atoms with Gasteiger partial charge in [0, 0.05) is 30.1 Å². The molecule has 4 nitrogen and oxygen atoms in total. The van der Waals surface area contributed by atoms with E-state index in [1.165, 1.54) is 16.2 Å². The number of fused-ring (bicyclic) bond motifs is 6. The molecule has 0 radical (unpaired) electrons. The first-order chi connectivity index (χ1) is 15.8. The summed E-state index contributed by atoms with van der Waals surface area (Å²) >= 11 is 0. The molecule has 4 aromatic rings. The highest BCUT2D eigenvalue weighted by Crippen LogP contribution is 2.40. The quantitative estimate of drug-likeness (QED) is 0.462. The van der Waals surface area contributed by atoms with Gasteiger partial charge in [-0.1, -0.05) is 73.7 Å². The molecule has 1 heterocycles. The summed E-state index contributed by atoms with van der Waals surface area (Å²) < 4.78 is 37.8. The van der Waals surface area contributed by atoms with Gasteiger partial charge in [-0.2, -0.15) is 8.42 Å². The van der Waals surface area contributed by atoms with Crippen molar-refractivity contribution >= 4 is 43.9 Å². The minimum absolute atomic E-state index is 0.354. The van der Waals surface area contributed by atoms with Crippen LogP contribution in [-0.4, -0.2) is 22.8 Å². The first kappa shape index (κ1) is 20.5. The van der Waals surface area contributed by atoms with E-state index in [0.29, 0.717) is 0 Å². The van der Waals surface area contributed by atoms with E-state index in [4.69, 9.17) is 0 Å². The second kappa shape index (κ2) is 7.17. The van der Waals surface area contributed by atoms with E-state index in [1.54, 1.807) is 0 Å². The topological polar surface area (TPSA) is 59.3 Å². The fourth-order valence-corrected chi connectivity index (χ4v) is 7.17. The van der Waals surface area contributed by atoms with Gasteiger partial charge >= 0.3 is 0 Å². The molecule has 3 unspecified atom stereocenters. The van der Waals surface area contributed by atoms with E-state index in [1.807, 2.05) is 44.3 Å². The lowest BCUT2D eigenvalue weighted by Gasteiger charge is -2.33. The average molecular weight is 456 g/mol. The normalized spacial score (nSPS) is 22.0. The van der Waals surface area contributed by atoms with Crippen LogP contribution in [0.4, 0.5) is 0 Å². The molecule has 0 aliphatic heterocycles. The second-order valence-corrected chi connectivity index (χ2v) is 10.8. The summed E-state index contributed by atoms with van der Waals surface area (Å²) in [5.41, 5.74) is 4.20. The smallest absolute Gasteiger partial charge is 0.269 e. The third kappa shape index (κ3) is 3.03. The van der Waals surface area contributed by atoms with E-state index in [2.05, 4.69) is 53.1 Å². The maximum Gasteiger partial charge on any atom is 0.269 e. The van der Waals surface area contributed by atoms with Crippen molar-refractivity contribution in [2.24, 2.45) is 7.05 Å². The highest BCUT2D eigenvalue weighted by atomic mass is 32.2. The van der Waals surface area contributed by atoms with Gasteiger partial charge in [0.25, 0.3) is 10.1 Å². The van der Waals surface area contributed by atoms with Crippen LogP contribution in [0.5, 0.6) is 0 Å². The molecule has 0 fully saturated rings. The van der Waals surface area contributed by atoms with Crippen LogP contribution in [0.15, 0.2) is 66.7 Å². The SMILES string of the molecule is CC1c2ccc3c4c(ccc3c2=CC(c2cc3ccccc3n2C)C1S(=O)(=O)O)CC=CC=4. The fourth-order valence-electron chi connectivity index (χ4n) is 5.92. The molecule has 0 amide bonds. The van der Waals surface area contributed by atoms with Crippen molar-refractivity contribution in [1.29, 1.82) is 0 Å². The molecular formula is C28H25NO3S. The van der Waals surface area contributed by atoms with Gasteiger partial charge in [0.15, 0.2) is 0 Å². The second-order valence-electron chi connectivity index (χ2n) is 9.25. The van der Waals surface area contributed by atoms with Crippen LogP contribution in [0.3, 0.4) is 0 Å². The molecule has 6 rings (SSSR count). The molecule has 0 bridgehead atoms. The van der Waals surface area contributed by atoms with E-state index < -0.39 is 21.3 Å². The van der Waals surface area contributed by atoms with Crippen LogP contribution >= 0.6 is 0 Å². The molecule has 5 heteroatoms. The standard InChI is InChI=1S/C28H25NO3S/c1-17-20-13-14-22-21-9-5-3-7-18(21)11-12-23(22)24(20)16-25(28(17)33(30,31)32)27-15-19-8-4-6-10-26(19)29(27)2/h3-6,8-17,25,28H,7H2,1-2H3,(H,30,31,32). The summed E-state index contributed by atoms with van der Waals surface area (Å²) in [5, 5.41) is 4.72. The van der Waals surface area contributed by atoms with Gasteiger partial charge in [0.1, 0.15) is 5.25 Å². The molecule has 3 atom stereocenters. The Kier molecular flexibility index (Phi) is 4.45. The van der Waals surface area contributed by atoms with Crippen LogP contribution in [-0.2, 0) is 23.6 Å². The number of aryl methyl sites for hydroxylation is 1. The molecule has 0 saturated heterocycles. The molecule has 0 saturated carbocycles. The number of allylic oxidation sites excluding steroid dienone is 2. The molecule has 33 heavy (non-hydrogen) atoms. The summed E-state index contributed by atoms with van der Waals surface area (Å²) in [7, 11) is -2.33. The molecular weight excluding hydrogens is 430 g/mol. The number of rotatable bonds is 2. The van der Waals surface area contributed by atoms with E-state index in [-0.39, 0.29) is 5.92 Å². The van der Waals surface area contributed by atoms with Crippen LogP contribution in [0.1, 0.15) is 35.6 Å². The lowest BCUT2D eigenvalue weighted by Crippen LogP contribution is -2.39. The third-order valence-corrected chi connectivity index (χ3v) is 8.89. The van der Waals surface area contributed by atoms with Crippen molar-refractivity contribution in [2.45, 2.75) is 30.4 Å². The summed E-state index contributed by atoms with van der Waals surface area (Å²) in [5.74, 6) is -0.822. The lowest BCUT2D eigenvalue weighted by molar-refractivity contribution is 0.444. The zero-order chi connectivity index (χ0) is 22.9. The van der Waals surface area contributed by atoms with Crippen LogP contribution < -0.4 is 10.4 Å². The molecule has 1 N–H and O–H groups in total. The van der Waals surface area contributed by atoms with Crippen LogP contribution in [0.25, 0.3) is 33.8 Å². The number of aromatic nitrogens is 1. The zero-order valence-corrected chi connectivity index (χ0v) is 19.4. The molecule has 2 aliphatic rings. The molecule has 3 aromatic carbocycles. The monoisotopic (exact) mass is 455 g/mol. The summed E-state index contributed by atoms with van der Waals surface area (Å²) in [4.78, 5) is 0. The summed E-state index contributed by atoms with van der Waals surface area (Å²) in [6.07, 6.45) is 9.40. The first-order valence-corrected chi connectivity index (χ1v) is 12.8. The predicted octanol–water partition coefficient (Wildman–Crippen LogP) is 4.16. The average Bonchev–Trinajstić information content (AvgIpc) is 3.14. The van der Waals surface area contributed by atoms with E-state index in [0.717, 1.165) is 39.2 Å². The fraction of sp³-hybridized carbons (Fsp3) is 0.214. The van der Waals surface area contributed by atoms with Gasteiger partial charge in [-0.05, 0) is 56.3 Å². The maximum atomic E-state index is 12.7. The van der Waals surface area contributed by atoms with E-state index >= 15 is 0 Å². The van der Waals surface area contributed by atoms with Crippen molar-refractivity contribution < 1.29 is 13.0 Å². The predicted molar refractivity (Wildman–Crippen MR) is 134 cm³/mol. The lowest BCUT2D eigenvalue weighted by atomic mass is 9.79. The van der Waals surface area contributed by atoms with Crippen LogP contribution in [0, 0.1) is 0 Å². The van der Waals surface area contributed by atoms with Crippen molar-refractivity contribution in [2.75, 3.05) is 0 Å². The number of hydrogen-bond acceptors (Lipinski definition) is 2. The van der Waals surface area contributed by atoms with Crippen molar-refractivity contribution in [3.63, 3.8) is 0 Å². The van der Waals surface area contributed by atoms with Crippen molar-refractivity contribution in [3.8, 4) is 0 Å². The Morgan fingerprint density at radius 2 is 1.76 bits per heavy atom. The summed E-state index contributed by atoms with van der Waals surface area (Å²) in [6, 6.07) is 18.6. The Labute approximate surface area is 192 Å². The van der Waals surface area contributed by atoms with Gasteiger partial charge in [-0.25, -0.2) is 0 Å². The Bertz CT molecular complexity index is 1710. The Hall–Kier alpha value is -3.15. The van der Waals surface area contributed by atoms with Gasteiger partial charge in [-0.3, -0.25) is 4.55 Å². The number of hydrogen-bond donors (Lipinski definition) is 1. The van der Waals surface area contributed by atoms with Gasteiger partial charge in [0.05, 0.1) is 0 Å². The number of benzene rings is 3. The summed E-state index contributed by atoms with van der Waals surface area (Å²) in [6.45, 7) is 1.92. The van der Waals surface area contributed by atoms with Gasteiger partial charge < -0.3 is 4.57 Å². The maximum absolute atomic E-state index is 12.7. The first-order valence-electron chi connectivity index (χ1n) is 11.3. The minimum atomic E-state index is -4.30. The van der Waals surface area contributed by atoms with Crippen LogP contribution in [0.2, 0.25) is 0 Å². The largest absolute Gasteiger partial charge is 0.347 e. The highest BCUT2D eigenvalue weighted by Gasteiger charge is 2.41. The van der Waals surface area contributed by atoms with Crippen molar-refractivity contribution in [3.05, 3.63) is 94.0 Å². The van der Waals surface area contributed by atoms with E-state index in [9.17, 15) is 13.0 Å². The zero-order valence-electron chi connectivity index (χ0n) is 18.6. The Balaban J connectivity index is 1.70.